The number of thioether (sulfide) groups is 1. The fourth-order valence-corrected chi connectivity index (χ4v) is 4.02. The summed E-state index contributed by atoms with van der Waals surface area (Å²) >= 11 is 5.62. The number of benzene rings is 1. The van der Waals surface area contributed by atoms with Crippen molar-refractivity contribution in [3.05, 3.63) is 30.3 Å². The highest BCUT2D eigenvalue weighted by atomic mass is 79.9. The van der Waals surface area contributed by atoms with Crippen LogP contribution in [-0.4, -0.2) is 11.1 Å². The quantitative estimate of drug-likeness (QED) is 0.525. The summed E-state index contributed by atoms with van der Waals surface area (Å²) in [5, 5.41) is 1.10. The molecule has 0 nitrogen and oxygen atoms in total. The SMILES string of the molecule is CCC(CC)(CBr)CSc1ccccc1. The first-order chi connectivity index (χ1) is 7.26. The van der Waals surface area contributed by atoms with Crippen molar-refractivity contribution in [2.75, 3.05) is 11.1 Å². The number of halogens is 1. The first-order valence-electron chi connectivity index (χ1n) is 5.50. The second kappa shape index (κ2) is 6.59. The Hall–Kier alpha value is 0.0500. The zero-order valence-corrected chi connectivity index (χ0v) is 11.9. The van der Waals surface area contributed by atoms with Gasteiger partial charge in [0.25, 0.3) is 0 Å². The van der Waals surface area contributed by atoms with E-state index in [1.807, 2.05) is 11.8 Å². The highest BCUT2D eigenvalue weighted by Gasteiger charge is 2.24. The Labute approximate surface area is 106 Å². The standard InChI is InChI=1S/C13H19BrS/c1-3-13(4-2,10-14)11-15-12-8-6-5-7-9-12/h5-9H,3-4,10-11H2,1-2H3. The summed E-state index contributed by atoms with van der Waals surface area (Å²) in [6.07, 6.45) is 2.49. The molecule has 1 aromatic carbocycles. The first-order valence-corrected chi connectivity index (χ1v) is 7.61. The van der Waals surface area contributed by atoms with Crippen LogP contribution in [0, 0.1) is 5.41 Å². The van der Waals surface area contributed by atoms with Crippen molar-refractivity contribution >= 4 is 27.7 Å². The molecule has 0 saturated carbocycles. The highest BCUT2D eigenvalue weighted by molar-refractivity contribution is 9.09. The fraction of sp³-hybridized carbons (Fsp3) is 0.538. The molecule has 0 aliphatic rings. The summed E-state index contributed by atoms with van der Waals surface area (Å²) in [5.41, 5.74) is 0.459. The van der Waals surface area contributed by atoms with Gasteiger partial charge in [0.1, 0.15) is 0 Å². The van der Waals surface area contributed by atoms with Crippen molar-refractivity contribution in [1.82, 2.24) is 0 Å². The Kier molecular flexibility index (Phi) is 5.77. The molecule has 0 aliphatic heterocycles. The largest absolute Gasteiger partial charge is 0.126 e. The van der Waals surface area contributed by atoms with Crippen LogP contribution in [0.3, 0.4) is 0 Å². The van der Waals surface area contributed by atoms with Gasteiger partial charge in [0.15, 0.2) is 0 Å². The molecule has 1 aromatic rings. The van der Waals surface area contributed by atoms with Gasteiger partial charge in [0, 0.05) is 16.0 Å². The molecule has 0 aliphatic carbocycles. The van der Waals surface area contributed by atoms with E-state index in [4.69, 9.17) is 0 Å². The minimum atomic E-state index is 0.459. The zero-order valence-electron chi connectivity index (χ0n) is 9.50. The molecular weight excluding hydrogens is 268 g/mol. The van der Waals surface area contributed by atoms with Crippen LogP contribution >= 0.6 is 27.7 Å². The van der Waals surface area contributed by atoms with Gasteiger partial charge in [-0.15, -0.1) is 11.8 Å². The Morgan fingerprint density at radius 3 is 2.20 bits per heavy atom. The van der Waals surface area contributed by atoms with Crippen molar-refractivity contribution in [3.63, 3.8) is 0 Å². The van der Waals surface area contributed by atoms with E-state index in [9.17, 15) is 0 Å². The van der Waals surface area contributed by atoms with Crippen molar-refractivity contribution in [1.29, 1.82) is 0 Å². The predicted octanol–water partition coefficient (Wildman–Crippen LogP) is 4.98. The van der Waals surface area contributed by atoms with E-state index < -0.39 is 0 Å². The second-order valence-electron chi connectivity index (χ2n) is 3.94. The molecule has 0 fully saturated rings. The third-order valence-corrected chi connectivity index (χ3v) is 5.62. The maximum atomic E-state index is 3.65. The molecule has 0 amide bonds. The average Bonchev–Trinajstić information content (AvgIpc) is 2.33. The van der Waals surface area contributed by atoms with Gasteiger partial charge in [-0.2, -0.15) is 0 Å². The molecular formula is C13H19BrS. The van der Waals surface area contributed by atoms with Crippen LogP contribution in [0.15, 0.2) is 35.2 Å². The minimum absolute atomic E-state index is 0.459. The molecule has 84 valence electrons. The molecule has 0 heterocycles. The summed E-state index contributed by atoms with van der Waals surface area (Å²) in [7, 11) is 0. The molecule has 0 unspecified atom stereocenters. The minimum Gasteiger partial charge on any atom is -0.126 e. The maximum absolute atomic E-state index is 3.65. The molecule has 0 radical (unpaired) electrons. The van der Waals surface area contributed by atoms with E-state index >= 15 is 0 Å². The molecule has 0 spiro atoms. The van der Waals surface area contributed by atoms with Crippen LogP contribution < -0.4 is 0 Å². The first kappa shape index (κ1) is 13.1. The Morgan fingerprint density at radius 2 is 1.73 bits per heavy atom. The van der Waals surface area contributed by atoms with Crippen molar-refractivity contribution in [3.8, 4) is 0 Å². The van der Waals surface area contributed by atoms with E-state index in [-0.39, 0.29) is 0 Å². The monoisotopic (exact) mass is 286 g/mol. The number of alkyl halides is 1. The van der Waals surface area contributed by atoms with Gasteiger partial charge < -0.3 is 0 Å². The molecule has 2 heteroatoms. The predicted molar refractivity (Wildman–Crippen MR) is 74.0 cm³/mol. The third kappa shape index (κ3) is 3.84. The van der Waals surface area contributed by atoms with E-state index in [1.54, 1.807) is 0 Å². The van der Waals surface area contributed by atoms with Gasteiger partial charge in [-0.05, 0) is 30.4 Å². The van der Waals surface area contributed by atoms with E-state index in [0.717, 1.165) is 5.33 Å². The lowest BCUT2D eigenvalue weighted by Gasteiger charge is -2.28. The van der Waals surface area contributed by atoms with Gasteiger partial charge in [-0.25, -0.2) is 0 Å². The smallest absolute Gasteiger partial charge is 0.00957 e. The van der Waals surface area contributed by atoms with Crippen molar-refractivity contribution in [2.45, 2.75) is 31.6 Å². The number of rotatable bonds is 6. The summed E-state index contributed by atoms with van der Waals surface area (Å²) in [5.74, 6) is 1.20. The molecule has 1 rings (SSSR count). The van der Waals surface area contributed by atoms with E-state index in [0.29, 0.717) is 5.41 Å². The van der Waals surface area contributed by atoms with Gasteiger partial charge in [-0.3, -0.25) is 0 Å². The summed E-state index contributed by atoms with van der Waals surface area (Å²) in [6, 6.07) is 10.7. The number of hydrogen-bond acceptors (Lipinski definition) is 1. The molecule has 0 saturated heterocycles. The van der Waals surface area contributed by atoms with Gasteiger partial charge in [-0.1, -0.05) is 48.0 Å². The average molecular weight is 287 g/mol. The lowest BCUT2D eigenvalue weighted by molar-refractivity contribution is 0.359. The van der Waals surface area contributed by atoms with Crippen molar-refractivity contribution in [2.24, 2.45) is 5.41 Å². The Balaban J connectivity index is 2.54. The van der Waals surface area contributed by atoms with Crippen LogP contribution in [0.5, 0.6) is 0 Å². The van der Waals surface area contributed by atoms with Crippen LogP contribution in [0.2, 0.25) is 0 Å². The fourth-order valence-electron chi connectivity index (χ4n) is 1.43. The highest BCUT2D eigenvalue weighted by Crippen LogP contribution is 2.35. The lowest BCUT2D eigenvalue weighted by Crippen LogP contribution is -2.23. The topological polar surface area (TPSA) is 0 Å². The lowest BCUT2D eigenvalue weighted by atomic mass is 9.87. The van der Waals surface area contributed by atoms with Crippen LogP contribution in [0.4, 0.5) is 0 Å². The Morgan fingerprint density at radius 1 is 1.13 bits per heavy atom. The number of hydrogen-bond donors (Lipinski definition) is 0. The van der Waals surface area contributed by atoms with Gasteiger partial charge >= 0.3 is 0 Å². The maximum Gasteiger partial charge on any atom is 0.00957 e. The molecule has 0 aromatic heterocycles. The van der Waals surface area contributed by atoms with Crippen LogP contribution in [0.25, 0.3) is 0 Å². The summed E-state index contributed by atoms with van der Waals surface area (Å²) in [4.78, 5) is 1.38. The Bertz CT molecular complexity index is 259. The van der Waals surface area contributed by atoms with Gasteiger partial charge in [0.2, 0.25) is 0 Å². The summed E-state index contributed by atoms with van der Waals surface area (Å²) in [6.45, 7) is 4.58. The summed E-state index contributed by atoms with van der Waals surface area (Å²) < 4.78 is 0. The zero-order chi connectivity index (χ0) is 11.1. The second-order valence-corrected chi connectivity index (χ2v) is 5.55. The molecule has 0 bridgehead atoms. The van der Waals surface area contributed by atoms with E-state index in [1.165, 1.54) is 23.5 Å². The molecule has 0 atom stereocenters. The van der Waals surface area contributed by atoms with Crippen LogP contribution in [-0.2, 0) is 0 Å². The molecule has 15 heavy (non-hydrogen) atoms. The van der Waals surface area contributed by atoms with Crippen molar-refractivity contribution < 1.29 is 0 Å². The van der Waals surface area contributed by atoms with Gasteiger partial charge in [0.05, 0.1) is 0 Å². The van der Waals surface area contributed by atoms with Crippen LogP contribution in [0.1, 0.15) is 26.7 Å². The van der Waals surface area contributed by atoms with E-state index in [2.05, 4.69) is 60.1 Å². The normalized spacial score (nSPS) is 11.7. The third-order valence-electron chi connectivity index (χ3n) is 3.07. The molecule has 0 N–H and O–H groups in total.